The summed E-state index contributed by atoms with van der Waals surface area (Å²) in [4.78, 5) is 0. The first kappa shape index (κ1) is 18.2. The van der Waals surface area contributed by atoms with Crippen molar-refractivity contribution in [3.63, 3.8) is 0 Å². The summed E-state index contributed by atoms with van der Waals surface area (Å²) in [5.41, 5.74) is 0.537. The second-order valence-electron chi connectivity index (χ2n) is 6.78. The molecule has 0 aliphatic heterocycles. The Kier molecular flexibility index (Phi) is 7.32. The summed E-state index contributed by atoms with van der Waals surface area (Å²) in [5.74, 6) is -0.572. The third-order valence-corrected chi connectivity index (χ3v) is 5.13. The summed E-state index contributed by atoms with van der Waals surface area (Å²) in [6.45, 7) is 4.35. The number of halogens is 2. The van der Waals surface area contributed by atoms with Gasteiger partial charge in [0, 0.05) is 0 Å². The van der Waals surface area contributed by atoms with Crippen molar-refractivity contribution in [2.75, 3.05) is 6.61 Å². The molecule has 1 aliphatic carbocycles. The van der Waals surface area contributed by atoms with E-state index in [0.717, 1.165) is 31.6 Å². The lowest BCUT2D eigenvalue weighted by Gasteiger charge is -2.29. The molecule has 0 radical (unpaired) electrons. The van der Waals surface area contributed by atoms with Crippen LogP contribution in [0.3, 0.4) is 0 Å². The first-order valence-corrected chi connectivity index (χ1v) is 9.28. The van der Waals surface area contributed by atoms with E-state index < -0.39 is 11.6 Å². The first-order chi connectivity index (χ1) is 11.2. The number of benzene rings is 1. The molecule has 0 spiro atoms. The molecule has 2 rings (SSSR count). The van der Waals surface area contributed by atoms with E-state index in [-0.39, 0.29) is 11.7 Å². The molecular weight excluding hydrogens is 294 g/mol. The van der Waals surface area contributed by atoms with E-state index in [1.807, 2.05) is 0 Å². The normalized spacial score (nSPS) is 21.4. The topological polar surface area (TPSA) is 9.23 Å². The molecule has 1 fully saturated rings. The average molecular weight is 324 g/mol. The van der Waals surface area contributed by atoms with Crippen molar-refractivity contribution >= 4 is 0 Å². The van der Waals surface area contributed by atoms with Crippen LogP contribution in [0, 0.1) is 17.6 Å². The van der Waals surface area contributed by atoms with E-state index in [4.69, 9.17) is 4.74 Å². The van der Waals surface area contributed by atoms with Gasteiger partial charge in [0.05, 0.1) is 6.61 Å². The van der Waals surface area contributed by atoms with Crippen LogP contribution in [0.4, 0.5) is 8.78 Å². The van der Waals surface area contributed by atoms with Gasteiger partial charge >= 0.3 is 0 Å². The summed E-state index contributed by atoms with van der Waals surface area (Å²) in [6, 6.07) is 3.30. The molecule has 1 aromatic carbocycles. The fourth-order valence-electron chi connectivity index (χ4n) is 3.75. The summed E-state index contributed by atoms with van der Waals surface area (Å²) in [5, 5.41) is 0. The van der Waals surface area contributed by atoms with E-state index in [1.54, 1.807) is 19.1 Å². The molecular formula is C20H30F2O. The van der Waals surface area contributed by atoms with Crippen LogP contribution in [0.15, 0.2) is 12.1 Å². The second-order valence-corrected chi connectivity index (χ2v) is 6.78. The largest absolute Gasteiger partial charge is 0.491 e. The third-order valence-electron chi connectivity index (χ3n) is 5.13. The van der Waals surface area contributed by atoms with Crippen LogP contribution in [0.2, 0.25) is 0 Å². The number of unbranched alkanes of at least 4 members (excludes halogenated alkanes) is 3. The minimum atomic E-state index is -0.828. The zero-order valence-corrected chi connectivity index (χ0v) is 14.5. The molecule has 0 saturated heterocycles. The molecule has 0 bridgehead atoms. The fourth-order valence-corrected chi connectivity index (χ4v) is 3.75. The summed E-state index contributed by atoms with van der Waals surface area (Å²) >= 11 is 0. The molecule has 130 valence electrons. The van der Waals surface area contributed by atoms with Gasteiger partial charge < -0.3 is 4.74 Å². The number of hydrogen-bond donors (Lipinski definition) is 0. The molecule has 0 atom stereocenters. The molecule has 0 aromatic heterocycles. The number of hydrogen-bond acceptors (Lipinski definition) is 1. The van der Waals surface area contributed by atoms with Gasteiger partial charge in [-0.1, -0.05) is 45.1 Å². The van der Waals surface area contributed by atoms with Gasteiger partial charge in [-0.15, -0.1) is 0 Å². The molecule has 1 aromatic rings. The molecule has 3 heteroatoms. The van der Waals surface area contributed by atoms with Gasteiger partial charge in [-0.3, -0.25) is 0 Å². The second kappa shape index (κ2) is 9.24. The molecule has 23 heavy (non-hydrogen) atoms. The highest BCUT2D eigenvalue weighted by Gasteiger charge is 2.26. The molecule has 0 heterocycles. The molecule has 1 aliphatic rings. The predicted molar refractivity (Wildman–Crippen MR) is 91.0 cm³/mol. The van der Waals surface area contributed by atoms with Gasteiger partial charge in [0.2, 0.25) is 5.82 Å². The van der Waals surface area contributed by atoms with Crippen molar-refractivity contribution in [2.24, 2.45) is 5.92 Å². The van der Waals surface area contributed by atoms with Crippen molar-refractivity contribution in [1.82, 2.24) is 0 Å². The Morgan fingerprint density at radius 3 is 2.35 bits per heavy atom. The summed E-state index contributed by atoms with van der Waals surface area (Å²) in [7, 11) is 0. The quantitative estimate of drug-likeness (QED) is 0.489. The van der Waals surface area contributed by atoms with Gasteiger partial charge in [0.25, 0.3) is 0 Å². The van der Waals surface area contributed by atoms with Crippen LogP contribution >= 0.6 is 0 Å². The monoisotopic (exact) mass is 324 g/mol. The highest BCUT2D eigenvalue weighted by molar-refractivity contribution is 5.33. The van der Waals surface area contributed by atoms with Crippen LogP contribution in [0.25, 0.3) is 0 Å². The molecule has 1 nitrogen and oxygen atoms in total. The van der Waals surface area contributed by atoms with Crippen molar-refractivity contribution in [3.8, 4) is 5.75 Å². The SMILES string of the molecule is CCCCCC[C@H]1CC[C@H](c2ccc(OCC)c(F)c2F)CC1. The van der Waals surface area contributed by atoms with Crippen molar-refractivity contribution in [2.45, 2.75) is 77.6 Å². The summed E-state index contributed by atoms with van der Waals surface area (Å²) < 4.78 is 33.4. The highest BCUT2D eigenvalue weighted by Crippen LogP contribution is 2.40. The molecule has 0 unspecified atom stereocenters. The Bertz CT molecular complexity index is 479. The van der Waals surface area contributed by atoms with E-state index in [9.17, 15) is 8.78 Å². The maximum atomic E-state index is 14.3. The Morgan fingerprint density at radius 2 is 1.70 bits per heavy atom. The molecule has 0 N–H and O–H groups in total. The Balaban J connectivity index is 1.89. The van der Waals surface area contributed by atoms with E-state index in [1.165, 1.54) is 32.1 Å². The van der Waals surface area contributed by atoms with Crippen LogP contribution in [-0.2, 0) is 0 Å². The number of ether oxygens (including phenoxy) is 1. The lowest BCUT2D eigenvalue weighted by Crippen LogP contribution is -2.15. The first-order valence-electron chi connectivity index (χ1n) is 9.28. The van der Waals surface area contributed by atoms with Crippen LogP contribution < -0.4 is 4.74 Å². The van der Waals surface area contributed by atoms with Gasteiger partial charge in [0.15, 0.2) is 11.6 Å². The Labute approximate surface area is 139 Å². The zero-order valence-electron chi connectivity index (χ0n) is 14.5. The van der Waals surface area contributed by atoms with Crippen molar-refractivity contribution in [3.05, 3.63) is 29.3 Å². The van der Waals surface area contributed by atoms with Crippen molar-refractivity contribution in [1.29, 1.82) is 0 Å². The van der Waals surface area contributed by atoms with Gasteiger partial charge in [-0.05, 0) is 56.1 Å². The molecule has 1 saturated carbocycles. The standard InChI is InChI=1S/C20H30F2O/c1-3-5-6-7-8-15-9-11-16(12-10-15)17-13-14-18(23-4-2)20(22)19(17)21/h13-16H,3-12H2,1-2H3/t15-,16-. The smallest absolute Gasteiger partial charge is 0.200 e. The van der Waals surface area contributed by atoms with E-state index in [0.29, 0.717) is 12.2 Å². The van der Waals surface area contributed by atoms with Gasteiger partial charge in [-0.2, -0.15) is 4.39 Å². The van der Waals surface area contributed by atoms with Crippen LogP contribution in [-0.4, -0.2) is 6.61 Å². The van der Waals surface area contributed by atoms with Crippen LogP contribution in [0.1, 0.15) is 83.1 Å². The predicted octanol–water partition coefficient (Wildman–Crippen LogP) is 6.61. The van der Waals surface area contributed by atoms with Crippen LogP contribution in [0.5, 0.6) is 5.75 Å². The van der Waals surface area contributed by atoms with E-state index in [2.05, 4.69) is 6.92 Å². The average Bonchev–Trinajstić information content (AvgIpc) is 2.57. The maximum Gasteiger partial charge on any atom is 0.200 e. The Morgan fingerprint density at radius 1 is 0.957 bits per heavy atom. The van der Waals surface area contributed by atoms with E-state index >= 15 is 0 Å². The lowest BCUT2D eigenvalue weighted by molar-refractivity contribution is 0.292. The minimum absolute atomic E-state index is 0.0263. The summed E-state index contributed by atoms with van der Waals surface area (Å²) in [6.07, 6.45) is 10.8. The van der Waals surface area contributed by atoms with Gasteiger partial charge in [-0.25, -0.2) is 4.39 Å². The minimum Gasteiger partial charge on any atom is -0.491 e. The Hall–Kier alpha value is -1.12. The van der Waals surface area contributed by atoms with Gasteiger partial charge in [0.1, 0.15) is 0 Å². The lowest BCUT2D eigenvalue weighted by atomic mass is 9.77. The van der Waals surface area contributed by atoms with Crippen molar-refractivity contribution < 1.29 is 13.5 Å². The zero-order chi connectivity index (χ0) is 16.7. The highest BCUT2D eigenvalue weighted by atomic mass is 19.2. The number of rotatable bonds is 8. The maximum absolute atomic E-state index is 14.3. The third kappa shape index (κ3) is 4.92. The molecule has 0 amide bonds. The fraction of sp³-hybridized carbons (Fsp3) is 0.700.